The number of nitro benzene ring substituents is 1. The molecule has 18 heavy (non-hydrogen) atoms. The van der Waals surface area contributed by atoms with E-state index in [2.05, 4.69) is 4.72 Å². The van der Waals surface area contributed by atoms with Gasteiger partial charge in [-0.05, 0) is 25.3 Å². The van der Waals surface area contributed by atoms with Crippen LogP contribution in [0, 0.1) is 17.0 Å². The van der Waals surface area contributed by atoms with Crippen molar-refractivity contribution in [3.05, 3.63) is 33.9 Å². The number of rotatable bonds is 4. The van der Waals surface area contributed by atoms with E-state index in [9.17, 15) is 18.5 Å². The molecule has 1 saturated carbocycles. The fraction of sp³-hybridized carbons (Fsp3) is 0.455. The zero-order valence-corrected chi connectivity index (χ0v) is 10.7. The minimum Gasteiger partial charge on any atom is -0.258 e. The summed E-state index contributed by atoms with van der Waals surface area (Å²) >= 11 is 0. The molecule has 7 heteroatoms. The lowest BCUT2D eigenvalue weighted by Gasteiger charge is -2.26. The van der Waals surface area contributed by atoms with Crippen molar-refractivity contribution in [3.63, 3.8) is 0 Å². The third kappa shape index (κ3) is 2.51. The third-order valence-electron chi connectivity index (χ3n) is 3.10. The Hall–Kier alpha value is -1.47. The minimum atomic E-state index is -3.66. The van der Waals surface area contributed by atoms with Crippen molar-refractivity contribution < 1.29 is 13.3 Å². The van der Waals surface area contributed by atoms with Crippen molar-refractivity contribution in [2.24, 2.45) is 0 Å². The molecule has 1 N–H and O–H groups in total. The summed E-state index contributed by atoms with van der Waals surface area (Å²) in [6.45, 7) is 1.62. The second-order valence-electron chi connectivity index (χ2n) is 4.46. The van der Waals surface area contributed by atoms with Gasteiger partial charge in [0.1, 0.15) is 0 Å². The van der Waals surface area contributed by atoms with Gasteiger partial charge in [-0.3, -0.25) is 10.1 Å². The normalized spacial score (nSPS) is 16.3. The predicted octanol–water partition coefficient (Wildman–Crippen LogP) is 1.73. The van der Waals surface area contributed by atoms with E-state index in [4.69, 9.17) is 0 Å². The van der Waals surface area contributed by atoms with Crippen molar-refractivity contribution in [1.82, 2.24) is 4.72 Å². The van der Waals surface area contributed by atoms with Gasteiger partial charge in [0.2, 0.25) is 10.0 Å². The van der Waals surface area contributed by atoms with E-state index in [0.717, 1.165) is 25.3 Å². The Morgan fingerprint density at radius 3 is 2.56 bits per heavy atom. The van der Waals surface area contributed by atoms with Crippen molar-refractivity contribution in [2.75, 3.05) is 0 Å². The Kier molecular flexibility index (Phi) is 3.36. The first kappa shape index (κ1) is 13.0. The van der Waals surface area contributed by atoms with Gasteiger partial charge in [0.25, 0.3) is 5.69 Å². The van der Waals surface area contributed by atoms with E-state index >= 15 is 0 Å². The maximum Gasteiger partial charge on any atom is 0.270 e. The first-order valence-corrected chi connectivity index (χ1v) is 7.16. The van der Waals surface area contributed by atoms with Crippen LogP contribution < -0.4 is 4.72 Å². The summed E-state index contributed by atoms with van der Waals surface area (Å²) in [6.07, 6.45) is 2.67. The van der Waals surface area contributed by atoms with Crippen LogP contribution in [0.25, 0.3) is 0 Å². The lowest BCUT2D eigenvalue weighted by Crippen LogP contribution is -2.39. The molecule has 2 rings (SSSR count). The highest BCUT2D eigenvalue weighted by molar-refractivity contribution is 7.89. The molecule has 0 bridgehead atoms. The number of non-ortho nitro benzene ring substituents is 1. The molecule has 0 aromatic heterocycles. The van der Waals surface area contributed by atoms with Gasteiger partial charge in [0.15, 0.2) is 0 Å². The molecule has 0 aliphatic heterocycles. The van der Waals surface area contributed by atoms with E-state index < -0.39 is 14.9 Å². The second-order valence-corrected chi connectivity index (χ2v) is 6.14. The maximum absolute atomic E-state index is 12.1. The van der Waals surface area contributed by atoms with Crippen LogP contribution in [0.15, 0.2) is 23.1 Å². The molecule has 0 radical (unpaired) electrons. The quantitative estimate of drug-likeness (QED) is 0.666. The highest BCUT2D eigenvalue weighted by Crippen LogP contribution is 2.25. The molecular formula is C11H14N2O4S. The molecule has 0 saturated heterocycles. The van der Waals surface area contributed by atoms with E-state index in [1.165, 1.54) is 12.1 Å². The van der Waals surface area contributed by atoms with Gasteiger partial charge in [-0.25, -0.2) is 13.1 Å². The largest absolute Gasteiger partial charge is 0.270 e. The zero-order chi connectivity index (χ0) is 13.3. The molecule has 0 amide bonds. The molecule has 1 aliphatic rings. The van der Waals surface area contributed by atoms with Gasteiger partial charge < -0.3 is 0 Å². The standard InChI is InChI=1S/C11H14N2O4S/c1-8-5-6-10(13(14)15)7-11(8)18(16,17)12-9-3-2-4-9/h5-7,9,12H,2-4H2,1H3. The van der Waals surface area contributed by atoms with Crippen LogP contribution >= 0.6 is 0 Å². The first-order valence-electron chi connectivity index (χ1n) is 5.67. The molecule has 0 unspecified atom stereocenters. The van der Waals surface area contributed by atoms with E-state index in [1.54, 1.807) is 6.92 Å². The smallest absolute Gasteiger partial charge is 0.258 e. The Morgan fingerprint density at radius 2 is 2.06 bits per heavy atom. The number of sulfonamides is 1. The van der Waals surface area contributed by atoms with Gasteiger partial charge in [-0.2, -0.15) is 0 Å². The third-order valence-corrected chi connectivity index (χ3v) is 4.76. The minimum absolute atomic E-state index is 0.0106. The van der Waals surface area contributed by atoms with Crippen LogP contribution in [0.4, 0.5) is 5.69 Å². The molecule has 1 fully saturated rings. The van der Waals surface area contributed by atoms with Crippen LogP contribution in [0.3, 0.4) is 0 Å². The maximum atomic E-state index is 12.1. The summed E-state index contributed by atoms with van der Waals surface area (Å²) in [5.41, 5.74) is 0.294. The molecule has 0 atom stereocenters. The molecule has 1 aromatic carbocycles. The number of nitrogens with zero attached hydrogens (tertiary/aromatic N) is 1. The Labute approximate surface area is 105 Å². The Balaban J connectivity index is 2.35. The van der Waals surface area contributed by atoms with E-state index in [1.807, 2.05) is 0 Å². The average Bonchev–Trinajstić information content (AvgIpc) is 2.24. The van der Waals surface area contributed by atoms with Crippen LogP contribution in [0.2, 0.25) is 0 Å². The fourth-order valence-electron chi connectivity index (χ4n) is 1.80. The number of hydrogen-bond donors (Lipinski definition) is 1. The highest BCUT2D eigenvalue weighted by Gasteiger charge is 2.26. The molecule has 1 aliphatic carbocycles. The van der Waals surface area contributed by atoms with E-state index in [0.29, 0.717) is 5.56 Å². The second kappa shape index (κ2) is 4.66. The SMILES string of the molecule is Cc1ccc([N+](=O)[O-])cc1S(=O)(=O)NC1CCC1. The summed E-state index contributed by atoms with van der Waals surface area (Å²) in [7, 11) is -3.66. The van der Waals surface area contributed by atoms with Crippen molar-refractivity contribution in [3.8, 4) is 0 Å². The molecule has 0 heterocycles. The zero-order valence-electron chi connectivity index (χ0n) is 9.92. The topological polar surface area (TPSA) is 89.3 Å². The van der Waals surface area contributed by atoms with Crippen LogP contribution in [-0.2, 0) is 10.0 Å². The fourth-order valence-corrected chi connectivity index (χ4v) is 3.37. The van der Waals surface area contributed by atoms with Crippen molar-refractivity contribution >= 4 is 15.7 Å². The summed E-state index contributed by atoms with van der Waals surface area (Å²) in [4.78, 5) is 10.1. The molecule has 6 nitrogen and oxygen atoms in total. The van der Waals surface area contributed by atoms with E-state index in [-0.39, 0.29) is 16.6 Å². The first-order chi connectivity index (χ1) is 8.40. The Morgan fingerprint density at radius 1 is 1.39 bits per heavy atom. The summed E-state index contributed by atoms with van der Waals surface area (Å²) in [5.74, 6) is 0. The van der Waals surface area contributed by atoms with Gasteiger partial charge in [-0.15, -0.1) is 0 Å². The summed E-state index contributed by atoms with van der Waals surface area (Å²) in [6, 6.07) is 3.83. The van der Waals surface area contributed by atoms with Gasteiger partial charge in [0.05, 0.1) is 9.82 Å². The van der Waals surface area contributed by atoms with Crippen molar-refractivity contribution in [2.45, 2.75) is 37.1 Å². The van der Waals surface area contributed by atoms with Gasteiger partial charge >= 0.3 is 0 Å². The summed E-state index contributed by atoms with van der Waals surface area (Å²) in [5, 5.41) is 10.7. The number of nitrogens with one attached hydrogen (secondary N) is 1. The average molecular weight is 270 g/mol. The number of benzene rings is 1. The predicted molar refractivity (Wildman–Crippen MR) is 65.8 cm³/mol. The van der Waals surface area contributed by atoms with Crippen LogP contribution in [0.1, 0.15) is 24.8 Å². The molecular weight excluding hydrogens is 256 g/mol. The van der Waals surface area contributed by atoms with Crippen LogP contribution in [-0.4, -0.2) is 19.4 Å². The lowest BCUT2D eigenvalue weighted by molar-refractivity contribution is -0.385. The Bertz CT molecular complexity index is 579. The molecule has 98 valence electrons. The summed E-state index contributed by atoms with van der Waals surface area (Å²) < 4.78 is 26.8. The number of aryl methyl sites for hydroxylation is 1. The number of nitro groups is 1. The van der Waals surface area contributed by atoms with Crippen molar-refractivity contribution in [1.29, 1.82) is 0 Å². The number of hydrogen-bond acceptors (Lipinski definition) is 4. The lowest BCUT2D eigenvalue weighted by atomic mass is 9.94. The molecule has 0 spiro atoms. The molecule has 1 aromatic rings. The monoisotopic (exact) mass is 270 g/mol. The van der Waals surface area contributed by atoms with Gasteiger partial charge in [0, 0.05) is 18.2 Å². The van der Waals surface area contributed by atoms with Gasteiger partial charge in [-0.1, -0.05) is 12.5 Å². The van der Waals surface area contributed by atoms with Crippen LogP contribution in [0.5, 0.6) is 0 Å². The highest BCUT2D eigenvalue weighted by atomic mass is 32.2.